The summed E-state index contributed by atoms with van der Waals surface area (Å²) in [5.74, 6) is 0.599. The number of benzene rings is 1. The molecular weight excluding hydrogens is 272 g/mol. The van der Waals surface area contributed by atoms with E-state index < -0.39 is 4.92 Å². The zero-order valence-electron chi connectivity index (χ0n) is 11.7. The number of hydrogen-bond donors (Lipinski definition) is 1. The molecule has 7 nitrogen and oxygen atoms in total. The summed E-state index contributed by atoms with van der Waals surface area (Å²) in [6.45, 7) is 3.40. The second kappa shape index (κ2) is 5.25. The molecule has 7 heteroatoms. The maximum atomic E-state index is 12.8. The average Bonchev–Trinajstić information content (AvgIpc) is 2.47. The smallest absolute Gasteiger partial charge is 0.284 e. The highest BCUT2D eigenvalue weighted by Gasteiger charge is 2.23. The normalized spacial score (nSPS) is 18.8. The molecule has 0 bridgehead atoms. The summed E-state index contributed by atoms with van der Waals surface area (Å²) in [6, 6.07) is 4.55. The summed E-state index contributed by atoms with van der Waals surface area (Å²) in [5, 5.41) is 14.5. The monoisotopic (exact) mass is 288 g/mol. The van der Waals surface area contributed by atoms with Gasteiger partial charge >= 0.3 is 0 Å². The van der Waals surface area contributed by atoms with Crippen LogP contribution >= 0.6 is 0 Å². The van der Waals surface area contributed by atoms with Crippen molar-refractivity contribution in [1.29, 1.82) is 0 Å². The molecule has 1 fully saturated rings. The van der Waals surface area contributed by atoms with Crippen LogP contribution in [-0.4, -0.2) is 27.6 Å². The van der Waals surface area contributed by atoms with Gasteiger partial charge in [-0.3, -0.25) is 19.5 Å². The summed E-state index contributed by atoms with van der Waals surface area (Å²) in [5.41, 5.74) is -0.118. The van der Waals surface area contributed by atoms with Crippen LogP contribution in [-0.2, 0) is 0 Å². The lowest BCUT2D eigenvalue weighted by atomic mass is 10.1. The van der Waals surface area contributed by atoms with Crippen molar-refractivity contribution >= 4 is 16.6 Å². The van der Waals surface area contributed by atoms with Crippen LogP contribution in [0.2, 0.25) is 0 Å². The topological polar surface area (TPSA) is 90.1 Å². The van der Waals surface area contributed by atoms with E-state index in [1.165, 1.54) is 6.07 Å². The summed E-state index contributed by atoms with van der Waals surface area (Å²) < 4.78 is 1.60. The Hall–Kier alpha value is -2.28. The van der Waals surface area contributed by atoms with Crippen molar-refractivity contribution in [3.8, 4) is 0 Å². The van der Waals surface area contributed by atoms with Gasteiger partial charge in [0.2, 0.25) is 0 Å². The van der Waals surface area contributed by atoms with Gasteiger partial charge in [0.25, 0.3) is 11.2 Å². The lowest BCUT2D eigenvalue weighted by Crippen LogP contribution is -2.38. The first kappa shape index (κ1) is 13.7. The third-order valence-electron chi connectivity index (χ3n) is 3.92. The van der Waals surface area contributed by atoms with Gasteiger partial charge in [-0.15, -0.1) is 0 Å². The van der Waals surface area contributed by atoms with E-state index in [1.807, 2.05) is 0 Å². The molecule has 0 aliphatic carbocycles. The van der Waals surface area contributed by atoms with Gasteiger partial charge < -0.3 is 5.32 Å². The summed E-state index contributed by atoms with van der Waals surface area (Å²) in [7, 11) is 0. The average molecular weight is 288 g/mol. The number of piperidine rings is 1. The molecule has 0 amide bonds. The molecule has 21 heavy (non-hydrogen) atoms. The fourth-order valence-corrected chi connectivity index (χ4v) is 2.97. The summed E-state index contributed by atoms with van der Waals surface area (Å²) >= 11 is 0. The van der Waals surface area contributed by atoms with Gasteiger partial charge in [0, 0.05) is 12.6 Å². The Morgan fingerprint density at radius 3 is 2.95 bits per heavy atom. The van der Waals surface area contributed by atoms with Crippen LogP contribution in [0.25, 0.3) is 10.9 Å². The van der Waals surface area contributed by atoms with Gasteiger partial charge in [0.15, 0.2) is 0 Å². The Labute approximate surface area is 120 Å². The van der Waals surface area contributed by atoms with Crippen LogP contribution < -0.4 is 10.9 Å². The first-order valence-electron chi connectivity index (χ1n) is 6.96. The van der Waals surface area contributed by atoms with Crippen LogP contribution in [0.1, 0.15) is 24.7 Å². The van der Waals surface area contributed by atoms with E-state index in [0.717, 1.165) is 19.4 Å². The van der Waals surface area contributed by atoms with Crippen LogP contribution in [0.4, 0.5) is 5.69 Å². The first-order chi connectivity index (χ1) is 10.1. The molecule has 3 rings (SSSR count). The molecule has 110 valence electrons. The van der Waals surface area contributed by atoms with Crippen molar-refractivity contribution in [2.24, 2.45) is 0 Å². The quantitative estimate of drug-likeness (QED) is 0.668. The Morgan fingerprint density at radius 2 is 2.29 bits per heavy atom. The highest BCUT2D eigenvalue weighted by Crippen LogP contribution is 2.23. The van der Waals surface area contributed by atoms with E-state index >= 15 is 0 Å². The number of non-ortho nitro benzene ring substituents is 1. The van der Waals surface area contributed by atoms with E-state index in [1.54, 1.807) is 23.6 Å². The molecule has 1 aliphatic heterocycles. The number of aromatic nitrogens is 2. The van der Waals surface area contributed by atoms with Crippen LogP contribution in [0, 0.1) is 17.0 Å². The highest BCUT2D eigenvalue weighted by atomic mass is 16.6. The largest absolute Gasteiger partial charge is 0.315 e. The molecule has 1 aromatic carbocycles. The van der Waals surface area contributed by atoms with Crippen molar-refractivity contribution in [2.45, 2.75) is 25.8 Å². The molecule has 0 saturated carbocycles. The second-order valence-electron chi connectivity index (χ2n) is 5.26. The predicted octanol–water partition coefficient (Wildman–Crippen LogP) is 1.54. The van der Waals surface area contributed by atoms with E-state index in [4.69, 9.17) is 0 Å². The van der Waals surface area contributed by atoms with E-state index in [2.05, 4.69) is 10.3 Å². The Balaban J connectivity index is 2.28. The fraction of sp³-hybridized carbons (Fsp3) is 0.429. The summed E-state index contributed by atoms with van der Waals surface area (Å²) in [4.78, 5) is 27.8. The molecule has 1 aliphatic rings. The third-order valence-corrected chi connectivity index (χ3v) is 3.92. The van der Waals surface area contributed by atoms with Gasteiger partial charge in [0.05, 0.1) is 16.5 Å². The number of rotatable bonds is 2. The fourth-order valence-electron chi connectivity index (χ4n) is 2.97. The van der Waals surface area contributed by atoms with Crippen molar-refractivity contribution in [1.82, 2.24) is 14.9 Å². The molecule has 1 unspecified atom stereocenters. The minimum atomic E-state index is -0.524. The number of nitro benzene ring substituents is 1. The van der Waals surface area contributed by atoms with Crippen molar-refractivity contribution in [3.63, 3.8) is 0 Å². The van der Waals surface area contributed by atoms with Crippen LogP contribution in [0.15, 0.2) is 23.0 Å². The van der Waals surface area contributed by atoms with Crippen LogP contribution in [0.3, 0.4) is 0 Å². The van der Waals surface area contributed by atoms with Crippen molar-refractivity contribution in [2.75, 3.05) is 13.1 Å². The number of nitrogens with zero attached hydrogens (tertiary/aromatic N) is 3. The highest BCUT2D eigenvalue weighted by molar-refractivity contribution is 5.87. The molecule has 0 spiro atoms. The van der Waals surface area contributed by atoms with Gasteiger partial charge in [-0.05, 0) is 32.4 Å². The zero-order chi connectivity index (χ0) is 15.0. The Kier molecular flexibility index (Phi) is 3.42. The van der Waals surface area contributed by atoms with Gasteiger partial charge in [-0.1, -0.05) is 6.07 Å². The van der Waals surface area contributed by atoms with Gasteiger partial charge in [-0.2, -0.15) is 0 Å². The molecule has 0 radical (unpaired) electrons. The minimum absolute atomic E-state index is 0.00274. The molecule has 1 atom stereocenters. The molecule has 2 heterocycles. The van der Waals surface area contributed by atoms with E-state index in [0.29, 0.717) is 17.9 Å². The van der Waals surface area contributed by atoms with Gasteiger partial charge in [0.1, 0.15) is 11.2 Å². The molecule has 1 saturated heterocycles. The molecule has 2 aromatic rings. The van der Waals surface area contributed by atoms with E-state index in [9.17, 15) is 14.9 Å². The van der Waals surface area contributed by atoms with Crippen molar-refractivity contribution < 1.29 is 4.92 Å². The standard InChI is InChI=1S/C14H16N4O3/c1-9-16-11-5-2-6-12(18(20)21)13(11)14(19)17(9)10-4-3-7-15-8-10/h2,5-6,10,15H,3-4,7-8H2,1H3. The van der Waals surface area contributed by atoms with Crippen LogP contribution in [0.5, 0.6) is 0 Å². The molecule has 1 aromatic heterocycles. The third kappa shape index (κ3) is 2.29. The second-order valence-corrected chi connectivity index (χ2v) is 5.26. The maximum Gasteiger partial charge on any atom is 0.284 e. The first-order valence-corrected chi connectivity index (χ1v) is 6.96. The lowest BCUT2D eigenvalue weighted by Gasteiger charge is -2.26. The zero-order valence-corrected chi connectivity index (χ0v) is 11.7. The maximum absolute atomic E-state index is 12.8. The number of fused-ring (bicyclic) bond motifs is 1. The number of nitrogens with one attached hydrogen (secondary N) is 1. The predicted molar refractivity (Wildman–Crippen MR) is 78.5 cm³/mol. The molecule has 1 N–H and O–H groups in total. The minimum Gasteiger partial charge on any atom is -0.315 e. The number of nitro groups is 1. The molecular formula is C14H16N4O3. The Bertz CT molecular complexity index is 763. The Morgan fingerprint density at radius 1 is 1.48 bits per heavy atom. The number of hydrogen-bond acceptors (Lipinski definition) is 5. The lowest BCUT2D eigenvalue weighted by molar-refractivity contribution is -0.383. The number of aryl methyl sites for hydroxylation is 1. The van der Waals surface area contributed by atoms with Crippen molar-refractivity contribution in [3.05, 3.63) is 44.5 Å². The van der Waals surface area contributed by atoms with Gasteiger partial charge in [-0.25, -0.2) is 4.98 Å². The van der Waals surface area contributed by atoms with E-state index in [-0.39, 0.29) is 22.7 Å². The SMILES string of the molecule is Cc1nc2cccc([N+](=O)[O-])c2c(=O)n1C1CCCNC1. The summed E-state index contributed by atoms with van der Waals surface area (Å²) in [6.07, 6.45) is 1.85.